The van der Waals surface area contributed by atoms with Crippen molar-refractivity contribution in [3.8, 4) is 0 Å². The number of sulfone groups is 1. The highest BCUT2D eigenvalue weighted by Gasteiger charge is 2.37. The van der Waals surface area contributed by atoms with Gasteiger partial charge in [0.2, 0.25) is 0 Å². The Labute approximate surface area is 104 Å². The van der Waals surface area contributed by atoms with E-state index in [1.165, 1.54) is 0 Å². The molecule has 1 aliphatic heterocycles. The number of ketones is 1. The molecule has 0 bridgehead atoms. The molecule has 1 saturated heterocycles. The normalized spacial score (nSPS) is 25.8. The Balaban J connectivity index is 2.61. The van der Waals surface area contributed by atoms with Gasteiger partial charge in [-0.3, -0.25) is 4.79 Å². The number of Topliss-reactive ketones (excluding diaryl/α,β-unsaturated/α-hetero) is 1. The average molecular weight is 261 g/mol. The molecule has 0 aromatic heterocycles. The van der Waals surface area contributed by atoms with Crippen molar-refractivity contribution >= 4 is 15.6 Å². The molecule has 0 aromatic rings. The maximum absolute atomic E-state index is 12.2. The Morgan fingerprint density at radius 3 is 2.53 bits per heavy atom. The highest BCUT2D eigenvalue weighted by molar-refractivity contribution is 7.91. The lowest BCUT2D eigenvalue weighted by molar-refractivity contribution is -0.129. The van der Waals surface area contributed by atoms with E-state index >= 15 is 0 Å². The summed E-state index contributed by atoms with van der Waals surface area (Å²) in [6.07, 6.45) is 2.86. The lowest BCUT2D eigenvalue weighted by Gasteiger charge is -2.35. The van der Waals surface area contributed by atoms with Crippen molar-refractivity contribution in [3.05, 3.63) is 0 Å². The smallest absolute Gasteiger partial charge is 0.150 e. The molecule has 0 aromatic carbocycles. The third-order valence-corrected chi connectivity index (χ3v) is 5.53. The third-order valence-electron chi connectivity index (χ3n) is 3.82. The maximum atomic E-state index is 12.2. The highest BCUT2D eigenvalue weighted by atomic mass is 32.2. The van der Waals surface area contributed by atoms with Crippen LogP contribution in [-0.4, -0.2) is 38.8 Å². The minimum absolute atomic E-state index is 0.00405. The molecule has 0 radical (unpaired) electrons. The summed E-state index contributed by atoms with van der Waals surface area (Å²) in [5.74, 6) is 0.242. The van der Waals surface area contributed by atoms with Crippen LogP contribution in [0.1, 0.15) is 39.5 Å². The van der Waals surface area contributed by atoms with Gasteiger partial charge in [-0.05, 0) is 25.8 Å². The van der Waals surface area contributed by atoms with E-state index in [4.69, 9.17) is 0 Å². The molecular weight excluding hydrogens is 238 g/mol. The van der Waals surface area contributed by atoms with Crippen LogP contribution in [0.25, 0.3) is 0 Å². The second-order valence-electron chi connectivity index (χ2n) is 4.82. The van der Waals surface area contributed by atoms with E-state index in [9.17, 15) is 13.2 Å². The summed E-state index contributed by atoms with van der Waals surface area (Å²) >= 11 is 0. The number of rotatable bonds is 6. The first-order valence-corrected chi connectivity index (χ1v) is 8.22. The van der Waals surface area contributed by atoms with Gasteiger partial charge in [0.15, 0.2) is 0 Å². The van der Waals surface area contributed by atoms with Crippen molar-refractivity contribution in [2.45, 2.75) is 39.5 Å². The summed E-state index contributed by atoms with van der Waals surface area (Å²) in [6.45, 7) is 5.30. The summed E-state index contributed by atoms with van der Waals surface area (Å²) in [6, 6.07) is 0. The molecule has 17 heavy (non-hydrogen) atoms. The monoisotopic (exact) mass is 261 g/mol. The Morgan fingerprint density at radius 1 is 1.35 bits per heavy atom. The Hall–Kier alpha value is -0.420. The van der Waals surface area contributed by atoms with Crippen molar-refractivity contribution in [3.63, 3.8) is 0 Å². The molecule has 5 heteroatoms. The Bertz CT molecular complexity index is 356. The predicted octanol–water partition coefficient (Wildman–Crippen LogP) is 1.16. The SMILES string of the molecule is CCC1(C(=O)CCS(=O)(=O)CC)CCCNC1. The number of hydrogen-bond acceptors (Lipinski definition) is 4. The molecule has 1 heterocycles. The zero-order valence-electron chi connectivity index (χ0n) is 10.8. The van der Waals surface area contributed by atoms with Crippen molar-refractivity contribution in [2.75, 3.05) is 24.6 Å². The van der Waals surface area contributed by atoms with E-state index in [2.05, 4.69) is 5.32 Å². The minimum atomic E-state index is -3.03. The van der Waals surface area contributed by atoms with Crippen LogP contribution in [0.15, 0.2) is 0 Å². The fourth-order valence-corrected chi connectivity index (χ4v) is 3.15. The van der Waals surface area contributed by atoms with Gasteiger partial charge in [0.05, 0.1) is 5.75 Å². The quantitative estimate of drug-likeness (QED) is 0.779. The first-order chi connectivity index (χ1) is 7.96. The van der Waals surface area contributed by atoms with Crippen LogP contribution in [0, 0.1) is 5.41 Å². The molecule has 4 nitrogen and oxygen atoms in total. The van der Waals surface area contributed by atoms with Crippen molar-refractivity contribution in [2.24, 2.45) is 5.41 Å². The fraction of sp³-hybridized carbons (Fsp3) is 0.917. The number of hydrogen-bond donors (Lipinski definition) is 1. The molecule has 1 aliphatic rings. The number of nitrogens with one attached hydrogen (secondary N) is 1. The van der Waals surface area contributed by atoms with E-state index in [0.717, 1.165) is 25.8 Å². The zero-order valence-corrected chi connectivity index (χ0v) is 11.6. The Morgan fingerprint density at radius 2 is 2.06 bits per heavy atom. The molecule has 1 fully saturated rings. The lowest BCUT2D eigenvalue weighted by Crippen LogP contribution is -2.45. The molecule has 100 valence electrons. The largest absolute Gasteiger partial charge is 0.316 e. The second kappa shape index (κ2) is 5.96. The molecule has 1 unspecified atom stereocenters. The van der Waals surface area contributed by atoms with E-state index < -0.39 is 9.84 Å². The molecule has 1 atom stereocenters. The van der Waals surface area contributed by atoms with Crippen LogP contribution < -0.4 is 5.32 Å². The van der Waals surface area contributed by atoms with E-state index in [-0.39, 0.29) is 29.1 Å². The van der Waals surface area contributed by atoms with Gasteiger partial charge in [-0.15, -0.1) is 0 Å². The fourth-order valence-electron chi connectivity index (χ4n) is 2.36. The van der Waals surface area contributed by atoms with Gasteiger partial charge in [0.1, 0.15) is 15.6 Å². The molecule has 1 rings (SSSR count). The summed E-state index contributed by atoms with van der Waals surface area (Å²) in [5, 5.41) is 3.25. The van der Waals surface area contributed by atoms with Gasteiger partial charge >= 0.3 is 0 Å². The Kier molecular flexibility index (Phi) is 5.13. The molecule has 1 N–H and O–H groups in total. The second-order valence-corrected chi connectivity index (χ2v) is 7.30. The molecule has 0 spiro atoms. The van der Waals surface area contributed by atoms with Gasteiger partial charge in [-0.25, -0.2) is 8.42 Å². The summed E-state index contributed by atoms with van der Waals surface area (Å²) in [4.78, 5) is 12.2. The molecular formula is C12H23NO3S. The van der Waals surface area contributed by atoms with Gasteiger partial charge in [0.25, 0.3) is 0 Å². The number of carbonyl (C=O) groups is 1. The van der Waals surface area contributed by atoms with E-state index in [1.54, 1.807) is 6.92 Å². The summed E-state index contributed by atoms with van der Waals surface area (Å²) in [5.41, 5.74) is -0.318. The van der Waals surface area contributed by atoms with Crippen molar-refractivity contribution < 1.29 is 13.2 Å². The number of piperidine rings is 1. The van der Waals surface area contributed by atoms with Gasteiger partial charge in [0, 0.05) is 24.1 Å². The topological polar surface area (TPSA) is 63.2 Å². The highest BCUT2D eigenvalue weighted by Crippen LogP contribution is 2.32. The summed E-state index contributed by atoms with van der Waals surface area (Å²) < 4.78 is 22.8. The third kappa shape index (κ3) is 3.78. The van der Waals surface area contributed by atoms with Crippen molar-refractivity contribution in [1.82, 2.24) is 5.32 Å². The zero-order chi connectivity index (χ0) is 12.9. The van der Waals surface area contributed by atoms with Gasteiger partial charge in [-0.2, -0.15) is 0 Å². The molecule has 0 aliphatic carbocycles. The van der Waals surface area contributed by atoms with Crippen LogP contribution in [-0.2, 0) is 14.6 Å². The van der Waals surface area contributed by atoms with Crippen LogP contribution in [0.5, 0.6) is 0 Å². The van der Waals surface area contributed by atoms with Crippen LogP contribution in [0.4, 0.5) is 0 Å². The van der Waals surface area contributed by atoms with Gasteiger partial charge in [-0.1, -0.05) is 13.8 Å². The van der Waals surface area contributed by atoms with Crippen LogP contribution in [0.3, 0.4) is 0 Å². The number of carbonyl (C=O) groups excluding carboxylic acids is 1. The lowest BCUT2D eigenvalue weighted by atomic mass is 9.74. The molecule has 0 saturated carbocycles. The van der Waals surface area contributed by atoms with Crippen molar-refractivity contribution in [1.29, 1.82) is 0 Å². The van der Waals surface area contributed by atoms with Gasteiger partial charge < -0.3 is 5.32 Å². The maximum Gasteiger partial charge on any atom is 0.150 e. The minimum Gasteiger partial charge on any atom is -0.316 e. The predicted molar refractivity (Wildman–Crippen MR) is 68.8 cm³/mol. The van der Waals surface area contributed by atoms with Crippen LogP contribution in [0.2, 0.25) is 0 Å². The first-order valence-electron chi connectivity index (χ1n) is 6.40. The van der Waals surface area contributed by atoms with E-state index in [1.807, 2.05) is 6.92 Å². The standard InChI is InChI=1S/C12H23NO3S/c1-3-12(7-5-8-13-10-12)11(14)6-9-17(15,16)4-2/h13H,3-10H2,1-2H3. The molecule has 0 amide bonds. The summed E-state index contributed by atoms with van der Waals surface area (Å²) in [7, 11) is -3.03. The first kappa shape index (κ1) is 14.6. The van der Waals surface area contributed by atoms with E-state index in [0.29, 0.717) is 6.54 Å². The average Bonchev–Trinajstić information content (AvgIpc) is 2.37. The van der Waals surface area contributed by atoms with Crippen LogP contribution >= 0.6 is 0 Å².